The van der Waals surface area contributed by atoms with Gasteiger partial charge in [0.15, 0.2) is 5.82 Å². The highest BCUT2D eigenvalue weighted by atomic mass is 32.1. The second-order valence-electron chi connectivity index (χ2n) is 5.73. The lowest BCUT2D eigenvalue weighted by Crippen LogP contribution is -1.96. The van der Waals surface area contributed by atoms with E-state index >= 15 is 0 Å². The first-order valence-corrected chi connectivity index (χ1v) is 8.73. The molecule has 0 fully saturated rings. The smallest absolute Gasteiger partial charge is 0.158 e. The molecular weight excluding hydrogens is 320 g/mol. The number of hydrogen-bond donors (Lipinski definition) is 2. The summed E-state index contributed by atoms with van der Waals surface area (Å²) in [4.78, 5) is 11.0. The van der Waals surface area contributed by atoms with Crippen molar-refractivity contribution in [3.8, 4) is 5.75 Å². The summed E-state index contributed by atoms with van der Waals surface area (Å²) < 4.78 is 0. The molecule has 0 aliphatic rings. The molecule has 0 bridgehead atoms. The first-order valence-electron chi connectivity index (χ1n) is 7.91. The van der Waals surface area contributed by atoms with Crippen molar-refractivity contribution in [1.29, 1.82) is 0 Å². The van der Waals surface area contributed by atoms with Crippen LogP contribution in [-0.2, 0) is 6.42 Å². The van der Waals surface area contributed by atoms with Gasteiger partial charge in [0.05, 0.1) is 11.6 Å². The Balaban J connectivity index is 1.88. The maximum absolute atomic E-state index is 9.92. The number of hydrogen-bond acceptors (Lipinski definition) is 6. The van der Waals surface area contributed by atoms with E-state index in [1.54, 1.807) is 29.9 Å². The van der Waals surface area contributed by atoms with Crippen molar-refractivity contribution in [3.05, 3.63) is 46.1 Å². The number of nitrogens with zero attached hydrogens (tertiary/aromatic N) is 3. The van der Waals surface area contributed by atoms with Crippen molar-refractivity contribution >= 4 is 33.6 Å². The van der Waals surface area contributed by atoms with Crippen molar-refractivity contribution in [2.75, 3.05) is 5.43 Å². The van der Waals surface area contributed by atoms with E-state index in [9.17, 15) is 5.11 Å². The lowest BCUT2D eigenvalue weighted by molar-refractivity contribution is 0.474. The maximum Gasteiger partial charge on any atom is 0.158 e. The van der Waals surface area contributed by atoms with E-state index in [0.717, 1.165) is 28.6 Å². The summed E-state index contributed by atoms with van der Waals surface area (Å²) >= 11 is 1.71. The van der Waals surface area contributed by atoms with Crippen LogP contribution in [0.4, 0.5) is 5.82 Å². The third kappa shape index (κ3) is 3.23. The lowest BCUT2D eigenvalue weighted by Gasteiger charge is -2.03. The first kappa shape index (κ1) is 16.4. The number of nitrogens with one attached hydrogen (secondary N) is 1. The van der Waals surface area contributed by atoms with Gasteiger partial charge < -0.3 is 5.11 Å². The molecule has 0 aliphatic carbocycles. The van der Waals surface area contributed by atoms with E-state index in [-0.39, 0.29) is 5.75 Å². The predicted molar refractivity (Wildman–Crippen MR) is 100 cm³/mol. The molecular formula is C18H20N4OS. The number of aromatic hydroxyl groups is 1. The Morgan fingerprint density at radius 3 is 2.88 bits per heavy atom. The average molecular weight is 340 g/mol. The molecule has 5 nitrogen and oxygen atoms in total. The van der Waals surface area contributed by atoms with Crippen LogP contribution >= 0.6 is 11.3 Å². The molecule has 2 aromatic heterocycles. The maximum atomic E-state index is 9.92. The largest absolute Gasteiger partial charge is 0.507 e. The van der Waals surface area contributed by atoms with E-state index in [2.05, 4.69) is 34.3 Å². The molecule has 0 saturated carbocycles. The van der Waals surface area contributed by atoms with Crippen LogP contribution in [0.5, 0.6) is 5.75 Å². The molecule has 6 heteroatoms. The highest BCUT2D eigenvalue weighted by molar-refractivity contribution is 7.18. The van der Waals surface area contributed by atoms with Gasteiger partial charge in [0.25, 0.3) is 0 Å². The normalized spacial score (nSPS) is 11.5. The number of hydrazone groups is 1. The number of anilines is 1. The molecule has 0 amide bonds. The minimum atomic E-state index is 0.213. The average Bonchev–Trinajstić information content (AvgIpc) is 2.87. The van der Waals surface area contributed by atoms with Crippen molar-refractivity contribution in [2.45, 2.75) is 33.6 Å². The second-order valence-corrected chi connectivity index (χ2v) is 6.82. The van der Waals surface area contributed by atoms with Crippen molar-refractivity contribution in [3.63, 3.8) is 0 Å². The molecule has 0 spiro atoms. The molecule has 0 saturated heterocycles. The molecule has 0 aliphatic heterocycles. The van der Waals surface area contributed by atoms with Crippen LogP contribution < -0.4 is 5.43 Å². The Morgan fingerprint density at radius 1 is 1.29 bits per heavy atom. The molecule has 0 atom stereocenters. The van der Waals surface area contributed by atoms with Gasteiger partial charge in [-0.1, -0.05) is 19.4 Å². The van der Waals surface area contributed by atoms with Gasteiger partial charge in [-0.3, -0.25) is 5.43 Å². The Labute approximate surface area is 145 Å². The van der Waals surface area contributed by atoms with Crippen molar-refractivity contribution < 1.29 is 5.11 Å². The second kappa shape index (κ2) is 6.97. The quantitative estimate of drug-likeness (QED) is 0.533. The van der Waals surface area contributed by atoms with Gasteiger partial charge in [-0.2, -0.15) is 5.10 Å². The Morgan fingerprint density at radius 2 is 2.12 bits per heavy atom. The topological polar surface area (TPSA) is 70.4 Å². The van der Waals surface area contributed by atoms with Gasteiger partial charge in [0.2, 0.25) is 0 Å². The Hall–Kier alpha value is -2.47. The number of thiophene rings is 1. The van der Waals surface area contributed by atoms with Gasteiger partial charge in [-0.05, 0) is 43.5 Å². The molecule has 0 unspecified atom stereocenters. The van der Waals surface area contributed by atoms with Crippen molar-refractivity contribution in [2.24, 2.45) is 5.10 Å². The zero-order valence-electron chi connectivity index (χ0n) is 14.0. The standard InChI is InChI=1S/C18H20N4OS/c1-4-5-15-12(3)16-17(19-10-20-18(16)24-15)22-21-9-13-7-6-11(2)8-14(13)23/h6-10,23H,4-5H2,1-3H3,(H,19,20,22)/b21-9+. The molecule has 24 heavy (non-hydrogen) atoms. The van der Waals surface area contributed by atoms with Crippen LogP contribution in [0.1, 0.15) is 34.9 Å². The number of phenolic OH excluding ortho intramolecular Hbond substituents is 1. The summed E-state index contributed by atoms with van der Waals surface area (Å²) in [5, 5.41) is 15.2. The fourth-order valence-corrected chi connectivity index (χ4v) is 3.84. The third-order valence-electron chi connectivity index (χ3n) is 3.86. The summed E-state index contributed by atoms with van der Waals surface area (Å²) in [6.45, 7) is 6.21. The summed E-state index contributed by atoms with van der Waals surface area (Å²) in [5.74, 6) is 0.907. The summed E-state index contributed by atoms with van der Waals surface area (Å²) in [5.41, 5.74) is 5.87. The molecule has 2 heterocycles. The summed E-state index contributed by atoms with van der Waals surface area (Å²) in [6.07, 6.45) is 5.30. The highest BCUT2D eigenvalue weighted by Crippen LogP contribution is 2.33. The van der Waals surface area contributed by atoms with Gasteiger partial charge in [0, 0.05) is 10.4 Å². The van der Waals surface area contributed by atoms with E-state index in [1.807, 2.05) is 19.1 Å². The number of phenols is 1. The van der Waals surface area contributed by atoms with Crippen LogP contribution in [0.2, 0.25) is 0 Å². The van der Waals surface area contributed by atoms with Crippen LogP contribution in [0.25, 0.3) is 10.2 Å². The number of aromatic nitrogens is 2. The zero-order valence-corrected chi connectivity index (χ0v) is 14.8. The highest BCUT2D eigenvalue weighted by Gasteiger charge is 2.13. The van der Waals surface area contributed by atoms with E-state index in [4.69, 9.17) is 0 Å². The molecule has 3 aromatic rings. The van der Waals surface area contributed by atoms with Gasteiger partial charge >= 0.3 is 0 Å². The lowest BCUT2D eigenvalue weighted by atomic mass is 10.1. The zero-order chi connectivity index (χ0) is 17.1. The number of rotatable bonds is 5. The summed E-state index contributed by atoms with van der Waals surface area (Å²) in [6, 6.07) is 5.48. The van der Waals surface area contributed by atoms with Gasteiger partial charge in [0.1, 0.15) is 16.9 Å². The molecule has 124 valence electrons. The van der Waals surface area contributed by atoms with Crippen LogP contribution in [0.3, 0.4) is 0 Å². The van der Waals surface area contributed by atoms with Crippen molar-refractivity contribution in [1.82, 2.24) is 9.97 Å². The number of aryl methyl sites for hydroxylation is 3. The first-order chi connectivity index (χ1) is 11.6. The van der Waals surface area contributed by atoms with Crippen LogP contribution in [0, 0.1) is 13.8 Å². The molecule has 1 aromatic carbocycles. The monoisotopic (exact) mass is 340 g/mol. The minimum Gasteiger partial charge on any atom is -0.507 e. The fraction of sp³-hybridized carbons (Fsp3) is 0.278. The Bertz CT molecular complexity index is 901. The molecule has 3 rings (SSSR count). The summed E-state index contributed by atoms with van der Waals surface area (Å²) in [7, 11) is 0. The Kier molecular flexibility index (Phi) is 4.76. The molecule has 2 N–H and O–H groups in total. The fourth-order valence-electron chi connectivity index (χ4n) is 2.59. The number of benzene rings is 1. The predicted octanol–water partition coefficient (Wildman–Crippen LogP) is 4.41. The van der Waals surface area contributed by atoms with Gasteiger partial charge in [-0.15, -0.1) is 11.3 Å². The molecule has 0 radical (unpaired) electrons. The minimum absolute atomic E-state index is 0.213. The number of fused-ring (bicyclic) bond motifs is 1. The SMILES string of the molecule is CCCc1sc2ncnc(N/N=C/c3ccc(C)cc3O)c2c1C. The van der Waals surface area contributed by atoms with Gasteiger partial charge in [-0.25, -0.2) is 9.97 Å². The van der Waals surface area contributed by atoms with E-state index in [1.165, 1.54) is 10.4 Å². The van der Waals surface area contributed by atoms with E-state index < -0.39 is 0 Å². The van der Waals surface area contributed by atoms with Crippen LogP contribution in [-0.4, -0.2) is 21.3 Å². The van der Waals surface area contributed by atoms with Crippen LogP contribution in [0.15, 0.2) is 29.6 Å². The third-order valence-corrected chi connectivity index (χ3v) is 5.12. The van der Waals surface area contributed by atoms with E-state index in [0.29, 0.717) is 11.4 Å².